The molecule has 1 aromatic carbocycles. The van der Waals surface area contributed by atoms with Gasteiger partial charge in [0, 0.05) is 5.92 Å². The van der Waals surface area contributed by atoms with Crippen molar-refractivity contribution in [2.24, 2.45) is 11.3 Å². The molecular weight excluding hydrogens is 428 g/mol. The quantitative estimate of drug-likeness (QED) is 0.366. The third-order valence-corrected chi connectivity index (χ3v) is 6.12. The van der Waals surface area contributed by atoms with E-state index >= 15 is 0 Å². The lowest BCUT2D eigenvalue weighted by Gasteiger charge is -2.32. The van der Waals surface area contributed by atoms with Crippen molar-refractivity contribution in [3.63, 3.8) is 0 Å². The fraction of sp³-hybridized carbons (Fsp3) is 0.440. The van der Waals surface area contributed by atoms with Crippen LogP contribution >= 0.6 is 0 Å². The molecule has 0 aromatic heterocycles. The maximum absolute atomic E-state index is 13.1. The van der Waals surface area contributed by atoms with Gasteiger partial charge in [0.2, 0.25) is 0 Å². The standard InChI is InChI=1S/C25H28O8/c1-5-32-21(26)18-12-11-17-16-10-8-7-9-15(16)13-25(23(28)30-3,24(29)31-4)14-19(17)20(18)22(27)33-6-2/h7-11,19H,5-6,12-14H2,1-4H3. The summed E-state index contributed by atoms with van der Waals surface area (Å²) in [7, 11) is 2.40. The zero-order valence-corrected chi connectivity index (χ0v) is 19.3. The maximum atomic E-state index is 13.1. The molecular formula is C25H28O8. The van der Waals surface area contributed by atoms with E-state index in [0.29, 0.717) is 0 Å². The number of ether oxygens (including phenoxy) is 4. The average Bonchev–Trinajstić information content (AvgIpc) is 2.97. The van der Waals surface area contributed by atoms with Gasteiger partial charge in [0.05, 0.1) is 38.6 Å². The largest absolute Gasteiger partial charge is 0.468 e. The third kappa shape index (κ3) is 4.29. The number of methoxy groups -OCH3 is 2. The molecule has 0 amide bonds. The van der Waals surface area contributed by atoms with Crippen LogP contribution in [0, 0.1) is 11.3 Å². The van der Waals surface area contributed by atoms with Crippen molar-refractivity contribution in [3.05, 3.63) is 52.6 Å². The Bertz CT molecular complexity index is 1020. The number of allylic oxidation sites excluding steroid dienone is 2. The summed E-state index contributed by atoms with van der Waals surface area (Å²) < 4.78 is 20.6. The number of rotatable bonds is 6. The molecule has 0 saturated carbocycles. The molecule has 0 bridgehead atoms. The molecule has 8 heteroatoms. The molecule has 0 saturated heterocycles. The van der Waals surface area contributed by atoms with Gasteiger partial charge in [0.15, 0.2) is 5.41 Å². The van der Waals surface area contributed by atoms with Gasteiger partial charge in [-0.05, 0) is 49.8 Å². The van der Waals surface area contributed by atoms with Crippen LogP contribution in [0.1, 0.15) is 37.8 Å². The monoisotopic (exact) mass is 456 g/mol. The second-order valence-corrected chi connectivity index (χ2v) is 7.85. The van der Waals surface area contributed by atoms with E-state index in [-0.39, 0.29) is 43.6 Å². The zero-order valence-electron chi connectivity index (χ0n) is 19.3. The van der Waals surface area contributed by atoms with Crippen LogP contribution < -0.4 is 0 Å². The number of carbonyl (C=O) groups excluding carboxylic acids is 4. The highest BCUT2D eigenvalue weighted by atomic mass is 16.5. The smallest absolute Gasteiger partial charge is 0.335 e. The summed E-state index contributed by atoms with van der Waals surface area (Å²) in [6, 6.07) is 7.35. The minimum atomic E-state index is -1.71. The van der Waals surface area contributed by atoms with Crippen LogP contribution in [0.5, 0.6) is 0 Å². The predicted molar refractivity (Wildman–Crippen MR) is 118 cm³/mol. The van der Waals surface area contributed by atoms with Crippen molar-refractivity contribution in [1.29, 1.82) is 0 Å². The molecule has 0 fully saturated rings. The van der Waals surface area contributed by atoms with E-state index in [1.54, 1.807) is 13.8 Å². The summed E-state index contributed by atoms with van der Waals surface area (Å²) in [6.45, 7) is 3.57. The van der Waals surface area contributed by atoms with Gasteiger partial charge in [-0.1, -0.05) is 30.3 Å². The fourth-order valence-corrected chi connectivity index (χ4v) is 4.71. The van der Waals surface area contributed by atoms with Crippen molar-refractivity contribution in [3.8, 4) is 0 Å². The number of hydrogen-bond donors (Lipinski definition) is 0. The van der Waals surface area contributed by atoms with Crippen LogP contribution in [0.15, 0.2) is 41.5 Å². The summed E-state index contributed by atoms with van der Waals surface area (Å²) >= 11 is 0. The van der Waals surface area contributed by atoms with Gasteiger partial charge in [-0.25, -0.2) is 9.59 Å². The van der Waals surface area contributed by atoms with Crippen LogP contribution in [0.3, 0.4) is 0 Å². The SMILES string of the molecule is CCOC(=O)C1=C(C(=O)OCC)C2CC(C(=O)OC)(C(=O)OC)Cc3ccccc3C2=CC1. The third-order valence-electron chi connectivity index (χ3n) is 6.12. The molecule has 1 atom stereocenters. The van der Waals surface area contributed by atoms with E-state index in [1.165, 1.54) is 14.2 Å². The average molecular weight is 456 g/mol. The zero-order chi connectivity index (χ0) is 24.2. The molecule has 1 unspecified atom stereocenters. The Morgan fingerprint density at radius 1 is 0.939 bits per heavy atom. The van der Waals surface area contributed by atoms with E-state index in [2.05, 4.69) is 0 Å². The Hall–Kier alpha value is -3.42. The molecule has 0 N–H and O–H groups in total. The highest BCUT2D eigenvalue weighted by molar-refractivity contribution is 6.06. The molecule has 8 nitrogen and oxygen atoms in total. The molecule has 3 rings (SSSR count). The van der Waals surface area contributed by atoms with Crippen LogP contribution in [-0.4, -0.2) is 51.3 Å². The van der Waals surface area contributed by atoms with Crippen molar-refractivity contribution in [1.82, 2.24) is 0 Å². The lowest BCUT2D eigenvalue weighted by Crippen LogP contribution is -2.44. The van der Waals surface area contributed by atoms with Crippen LogP contribution in [0.25, 0.3) is 5.57 Å². The second kappa shape index (κ2) is 10.0. The second-order valence-electron chi connectivity index (χ2n) is 7.85. The fourth-order valence-electron chi connectivity index (χ4n) is 4.71. The van der Waals surface area contributed by atoms with Crippen molar-refractivity contribution in [2.75, 3.05) is 27.4 Å². The van der Waals surface area contributed by atoms with E-state index in [1.807, 2.05) is 30.3 Å². The van der Waals surface area contributed by atoms with Gasteiger partial charge < -0.3 is 18.9 Å². The number of fused-ring (bicyclic) bond motifs is 3. The summed E-state index contributed by atoms with van der Waals surface area (Å²) in [6.07, 6.45) is 1.92. The van der Waals surface area contributed by atoms with Gasteiger partial charge in [-0.3, -0.25) is 9.59 Å². The first-order chi connectivity index (χ1) is 15.8. The molecule has 1 aromatic rings. The predicted octanol–water partition coefficient (Wildman–Crippen LogP) is 2.79. The van der Waals surface area contributed by atoms with E-state index in [9.17, 15) is 19.2 Å². The molecule has 0 radical (unpaired) electrons. The normalized spacial score (nSPS) is 18.7. The minimum Gasteiger partial charge on any atom is -0.468 e. The molecule has 0 aliphatic heterocycles. The van der Waals surface area contributed by atoms with Crippen LogP contribution in [-0.2, 0) is 44.5 Å². The van der Waals surface area contributed by atoms with Gasteiger partial charge in [-0.15, -0.1) is 0 Å². The molecule has 2 aliphatic rings. The maximum Gasteiger partial charge on any atom is 0.335 e. The minimum absolute atomic E-state index is 0.0290. The number of benzene rings is 1. The molecule has 176 valence electrons. The Kier molecular flexibility index (Phi) is 7.36. The lowest BCUT2D eigenvalue weighted by atomic mass is 9.71. The Balaban J connectivity index is 2.30. The highest BCUT2D eigenvalue weighted by Crippen LogP contribution is 2.50. The first-order valence-corrected chi connectivity index (χ1v) is 10.9. The lowest BCUT2D eigenvalue weighted by molar-refractivity contribution is -0.170. The van der Waals surface area contributed by atoms with Gasteiger partial charge in [0.1, 0.15) is 0 Å². The molecule has 0 spiro atoms. The summed E-state index contributed by atoms with van der Waals surface area (Å²) in [5.74, 6) is -3.62. The van der Waals surface area contributed by atoms with Gasteiger partial charge in [-0.2, -0.15) is 0 Å². The Morgan fingerprint density at radius 2 is 1.55 bits per heavy atom. The Morgan fingerprint density at radius 3 is 2.15 bits per heavy atom. The number of hydrogen-bond acceptors (Lipinski definition) is 8. The van der Waals surface area contributed by atoms with Crippen molar-refractivity contribution in [2.45, 2.75) is 33.1 Å². The topological polar surface area (TPSA) is 105 Å². The van der Waals surface area contributed by atoms with E-state index < -0.39 is 35.2 Å². The summed E-state index contributed by atoms with van der Waals surface area (Å²) in [5.41, 5.74) is 0.825. The van der Waals surface area contributed by atoms with E-state index in [0.717, 1.165) is 16.7 Å². The first-order valence-electron chi connectivity index (χ1n) is 10.9. The highest BCUT2D eigenvalue weighted by Gasteiger charge is 2.54. The Labute approximate surface area is 192 Å². The van der Waals surface area contributed by atoms with Gasteiger partial charge in [0.25, 0.3) is 0 Å². The van der Waals surface area contributed by atoms with Crippen molar-refractivity contribution >= 4 is 29.5 Å². The molecule has 33 heavy (non-hydrogen) atoms. The van der Waals surface area contributed by atoms with Crippen LogP contribution in [0.4, 0.5) is 0 Å². The summed E-state index contributed by atoms with van der Waals surface area (Å²) in [5, 5.41) is 0. The molecule has 2 aliphatic carbocycles. The van der Waals surface area contributed by atoms with E-state index in [4.69, 9.17) is 18.9 Å². The molecule has 0 heterocycles. The summed E-state index contributed by atoms with van der Waals surface area (Å²) in [4.78, 5) is 52.1. The van der Waals surface area contributed by atoms with Crippen LogP contribution in [0.2, 0.25) is 0 Å². The number of carbonyl (C=O) groups is 4. The number of esters is 4. The first kappa shape index (κ1) is 24.2. The van der Waals surface area contributed by atoms with Gasteiger partial charge >= 0.3 is 23.9 Å². The van der Waals surface area contributed by atoms with Crippen molar-refractivity contribution < 1.29 is 38.1 Å².